The Morgan fingerprint density at radius 3 is 2.24 bits per heavy atom. The van der Waals surface area contributed by atoms with Gasteiger partial charge < -0.3 is 5.32 Å². The molecule has 1 aliphatic rings. The van der Waals surface area contributed by atoms with Crippen molar-refractivity contribution in [1.29, 1.82) is 0 Å². The van der Waals surface area contributed by atoms with Gasteiger partial charge in [-0.3, -0.25) is 0 Å². The van der Waals surface area contributed by atoms with Crippen LogP contribution in [0, 0.1) is 0 Å². The van der Waals surface area contributed by atoms with Crippen LogP contribution in [-0.2, 0) is 10.0 Å². The molecule has 0 saturated carbocycles. The molecule has 1 aliphatic heterocycles. The van der Waals surface area contributed by atoms with Gasteiger partial charge in [-0.25, -0.2) is 13.1 Å². The van der Waals surface area contributed by atoms with Gasteiger partial charge in [0.2, 0.25) is 10.0 Å². The van der Waals surface area contributed by atoms with Crippen molar-refractivity contribution in [2.75, 3.05) is 18.4 Å². The zero-order valence-electron chi connectivity index (χ0n) is 10.9. The Labute approximate surface area is 104 Å². The highest BCUT2D eigenvalue weighted by molar-refractivity contribution is 7.89. The van der Waals surface area contributed by atoms with Gasteiger partial charge in [0.15, 0.2) is 0 Å². The molecule has 98 valence electrons. The minimum absolute atomic E-state index is 0.326. The number of benzene rings is 1. The number of para-hydroxylation sites is 1. The molecule has 0 atom stereocenters. The third-order valence-electron chi connectivity index (χ3n) is 1.91. The number of anilines is 1. The summed E-state index contributed by atoms with van der Waals surface area (Å²) < 4.78 is 25.6. The SMILES string of the molecule is CC.CC.O=S1(=O)NCCNc2ccccc21. The van der Waals surface area contributed by atoms with E-state index in [-0.39, 0.29) is 0 Å². The van der Waals surface area contributed by atoms with Crippen LogP contribution in [0.5, 0.6) is 0 Å². The minimum Gasteiger partial charge on any atom is -0.383 e. The van der Waals surface area contributed by atoms with Crippen LogP contribution in [0.1, 0.15) is 27.7 Å². The summed E-state index contributed by atoms with van der Waals surface area (Å²) in [5.41, 5.74) is 0.674. The lowest BCUT2D eigenvalue weighted by atomic mass is 10.3. The smallest absolute Gasteiger partial charge is 0.242 e. The molecule has 0 radical (unpaired) electrons. The summed E-state index contributed by atoms with van der Waals surface area (Å²) >= 11 is 0. The second-order valence-corrected chi connectivity index (χ2v) is 4.56. The van der Waals surface area contributed by atoms with Crippen molar-refractivity contribution in [3.05, 3.63) is 24.3 Å². The zero-order valence-corrected chi connectivity index (χ0v) is 11.8. The highest BCUT2D eigenvalue weighted by atomic mass is 32.2. The number of hydrogen-bond donors (Lipinski definition) is 2. The molecule has 0 amide bonds. The first-order chi connectivity index (χ1) is 8.20. The first kappa shape index (κ1) is 15.9. The highest BCUT2D eigenvalue weighted by Gasteiger charge is 2.19. The van der Waals surface area contributed by atoms with Crippen LogP contribution in [0.3, 0.4) is 0 Å². The van der Waals surface area contributed by atoms with Crippen LogP contribution in [0.2, 0.25) is 0 Å². The molecule has 1 heterocycles. The van der Waals surface area contributed by atoms with Crippen LogP contribution in [-0.4, -0.2) is 21.5 Å². The number of hydrogen-bond acceptors (Lipinski definition) is 3. The largest absolute Gasteiger partial charge is 0.383 e. The average molecular weight is 258 g/mol. The lowest BCUT2D eigenvalue weighted by Crippen LogP contribution is -2.25. The molecule has 2 N–H and O–H groups in total. The monoisotopic (exact) mass is 258 g/mol. The maximum atomic E-state index is 11.5. The normalized spacial score (nSPS) is 15.8. The molecule has 17 heavy (non-hydrogen) atoms. The van der Waals surface area contributed by atoms with E-state index in [1.54, 1.807) is 18.2 Å². The van der Waals surface area contributed by atoms with E-state index >= 15 is 0 Å². The summed E-state index contributed by atoms with van der Waals surface area (Å²) in [7, 11) is -3.29. The molecule has 0 aliphatic carbocycles. The Morgan fingerprint density at radius 2 is 1.59 bits per heavy atom. The number of rotatable bonds is 0. The summed E-state index contributed by atoms with van der Waals surface area (Å²) in [6.45, 7) is 9.05. The Bertz CT molecular complexity index is 416. The average Bonchev–Trinajstić information content (AvgIpc) is 2.54. The van der Waals surface area contributed by atoms with Gasteiger partial charge in [0.25, 0.3) is 0 Å². The Hall–Kier alpha value is -1.07. The van der Waals surface area contributed by atoms with Crippen molar-refractivity contribution in [3.8, 4) is 0 Å². The van der Waals surface area contributed by atoms with Gasteiger partial charge in [-0.15, -0.1) is 0 Å². The molecule has 0 bridgehead atoms. The molecular weight excluding hydrogens is 236 g/mol. The molecule has 0 fully saturated rings. The Balaban J connectivity index is 0.000000581. The van der Waals surface area contributed by atoms with Crippen molar-refractivity contribution in [2.24, 2.45) is 0 Å². The van der Waals surface area contributed by atoms with Crippen LogP contribution >= 0.6 is 0 Å². The topological polar surface area (TPSA) is 58.2 Å². The third-order valence-corrected chi connectivity index (χ3v) is 3.43. The number of sulfonamides is 1. The van der Waals surface area contributed by atoms with E-state index < -0.39 is 10.0 Å². The molecule has 1 aromatic rings. The molecule has 1 aromatic carbocycles. The van der Waals surface area contributed by atoms with Gasteiger partial charge in [0.05, 0.1) is 5.69 Å². The second kappa shape index (κ2) is 8.08. The lowest BCUT2D eigenvalue weighted by Gasteiger charge is -2.04. The van der Waals surface area contributed by atoms with Gasteiger partial charge in [0.1, 0.15) is 4.90 Å². The molecule has 0 unspecified atom stereocenters. The summed E-state index contributed by atoms with van der Waals surface area (Å²) in [6.07, 6.45) is 0. The van der Waals surface area contributed by atoms with E-state index in [4.69, 9.17) is 0 Å². The molecule has 5 heteroatoms. The van der Waals surface area contributed by atoms with E-state index in [0.29, 0.717) is 23.7 Å². The van der Waals surface area contributed by atoms with E-state index in [0.717, 1.165) is 0 Å². The van der Waals surface area contributed by atoms with E-state index in [9.17, 15) is 8.42 Å². The summed E-state index contributed by atoms with van der Waals surface area (Å²) in [5, 5.41) is 3.04. The molecular formula is C12H22N2O2S. The fraction of sp³-hybridized carbons (Fsp3) is 0.500. The first-order valence-electron chi connectivity index (χ1n) is 6.03. The standard InChI is InChI=1S/C8H10N2O2S.2C2H6/c11-13(12)8-4-2-1-3-7(8)9-5-6-10-13;2*1-2/h1-4,9-10H,5-6H2;2*1-2H3. The molecule has 0 aromatic heterocycles. The maximum Gasteiger partial charge on any atom is 0.242 e. The van der Waals surface area contributed by atoms with Crippen molar-refractivity contribution in [2.45, 2.75) is 32.6 Å². The van der Waals surface area contributed by atoms with Gasteiger partial charge in [-0.2, -0.15) is 0 Å². The van der Waals surface area contributed by atoms with Gasteiger partial charge >= 0.3 is 0 Å². The maximum absolute atomic E-state index is 11.5. The molecule has 0 spiro atoms. The lowest BCUT2D eigenvalue weighted by molar-refractivity contribution is 0.585. The van der Waals surface area contributed by atoms with Gasteiger partial charge in [-0.1, -0.05) is 39.8 Å². The fourth-order valence-corrected chi connectivity index (χ4v) is 2.52. The quantitative estimate of drug-likeness (QED) is 0.751. The summed E-state index contributed by atoms with van der Waals surface area (Å²) in [4.78, 5) is 0.326. The fourth-order valence-electron chi connectivity index (χ4n) is 1.31. The number of fused-ring (bicyclic) bond motifs is 1. The molecule has 4 nitrogen and oxygen atoms in total. The third kappa shape index (κ3) is 4.36. The van der Waals surface area contributed by atoms with E-state index in [1.807, 2.05) is 33.8 Å². The van der Waals surface area contributed by atoms with Crippen molar-refractivity contribution in [3.63, 3.8) is 0 Å². The van der Waals surface area contributed by atoms with Crippen molar-refractivity contribution in [1.82, 2.24) is 4.72 Å². The van der Waals surface area contributed by atoms with Gasteiger partial charge in [-0.05, 0) is 12.1 Å². The zero-order chi connectivity index (χ0) is 13.3. The van der Waals surface area contributed by atoms with Crippen molar-refractivity contribution < 1.29 is 8.42 Å². The van der Waals surface area contributed by atoms with E-state index in [2.05, 4.69) is 10.0 Å². The Kier molecular flexibility index (Phi) is 7.58. The van der Waals surface area contributed by atoms with E-state index in [1.165, 1.54) is 0 Å². The second-order valence-electron chi connectivity index (χ2n) is 2.82. The van der Waals surface area contributed by atoms with Gasteiger partial charge in [0, 0.05) is 13.1 Å². The van der Waals surface area contributed by atoms with Crippen LogP contribution in [0.4, 0.5) is 5.69 Å². The van der Waals surface area contributed by atoms with Crippen LogP contribution in [0.25, 0.3) is 0 Å². The highest BCUT2D eigenvalue weighted by Crippen LogP contribution is 2.21. The number of nitrogens with one attached hydrogen (secondary N) is 2. The summed E-state index contributed by atoms with van der Waals surface area (Å²) in [6, 6.07) is 6.88. The predicted molar refractivity (Wildman–Crippen MR) is 72.8 cm³/mol. The Morgan fingerprint density at radius 1 is 1.00 bits per heavy atom. The van der Waals surface area contributed by atoms with Crippen molar-refractivity contribution >= 4 is 15.7 Å². The predicted octanol–water partition coefficient (Wildman–Crippen LogP) is 2.44. The molecule has 0 saturated heterocycles. The van der Waals surface area contributed by atoms with Crippen LogP contribution in [0.15, 0.2) is 29.2 Å². The van der Waals surface area contributed by atoms with Crippen LogP contribution < -0.4 is 10.0 Å². The minimum atomic E-state index is -3.29. The molecule has 2 rings (SSSR count). The summed E-state index contributed by atoms with van der Waals surface area (Å²) in [5.74, 6) is 0. The first-order valence-corrected chi connectivity index (χ1v) is 7.51.